The molecule has 1 saturated heterocycles. The van der Waals surface area contributed by atoms with Crippen molar-refractivity contribution in [3.63, 3.8) is 0 Å². The molecule has 3 aromatic rings. The average Bonchev–Trinajstić information content (AvgIpc) is 2.96. The molecule has 0 spiro atoms. The van der Waals surface area contributed by atoms with Crippen LogP contribution in [0.4, 0.5) is 0 Å². The maximum Gasteiger partial charge on any atom is 0.323 e. The van der Waals surface area contributed by atoms with Gasteiger partial charge in [0.2, 0.25) is 0 Å². The lowest BCUT2D eigenvalue weighted by Gasteiger charge is -2.32. The Bertz CT molecular complexity index is 984. The Kier molecular flexibility index (Phi) is 4.22. The summed E-state index contributed by atoms with van der Waals surface area (Å²) < 4.78 is 12.7. The van der Waals surface area contributed by atoms with Gasteiger partial charge in [-0.15, -0.1) is 0 Å². The number of para-hydroxylation sites is 1. The number of ether oxygens (including phenoxy) is 2. The number of nitrogens with zero attached hydrogens (tertiary/aromatic N) is 1. The molecule has 27 heavy (non-hydrogen) atoms. The lowest BCUT2D eigenvalue weighted by molar-refractivity contribution is -0.239. The number of hydrogen-bond donors (Lipinski definition) is 0. The van der Waals surface area contributed by atoms with Crippen LogP contribution in [0.2, 0.25) is 0 Å². The lowest BCUT2D eigenvalue weighted by atomic mass is 9.98. The summed E-state index contributed by atoms with van der Waals surface area (Å²) >= 11 is 0. The largest absolute Gasteiger partial charge is 0.422 e. The highest BCUT2D eigenvalue weighted by molar-refractivity contribution is 5.97. The van der Waals surface area contributed by atoms with Gasteiger partial charge in [0.25, 0.3) is 5.79 Å². The molecule has 0 unspecified atom stereocenters. The Balaban J connectivity index is 1.66. The van der Waals surface area contributed by atoms with Crippen molar-refractivity contribution in [3.8, 4) is 0 Å². The number of esters is 2. The Morgan fingerprint density at radius 3 is 2.26 bits per heavy atom. The molecule has 0 N–H and O–H groups in total. The number of hydrogen-bond acceptors (Lipinski definition) is 4. The second-order valence-electron chi connectivity index (χ2n) is 7.28. The van der Waals surface area contributed by atoms with Crippen molar-refractivity contribution in [1.29, 1.82) is 0 Å². The Labute approximate surface area is 157 Å². The molecule has 1 aliphatic rings. The van der Waals surface area contributed by atoms with E-state index < -0.39 is 23.6 Å². The maximum absolute atomic E-state index is 12.3. The minimum absolute atomic E-state index is 0.260. The first kappa shape index (κ1) is 17.3. The van der Waals surface area contributed by atoms with E-state index in [1.54, 1.807) is 13.8 Å². The summed E-state index contributed by atoms with van der Waals surface area (Å²) in [4.78, 5) is 24.7. The topological polar surface area (TPSA) is 57.5 Å². The van der Waals surface area contributed by atoms with Gasteiger partial charge >= 0.3 is 11.9 Å². The molecule has 0 radical (unpaired) electrons. The summed E-state index contributed by atoms with van der Waals surface area (Å²) in [5.74, 6) is -3.20. The smallest absolute Gasteiger partial charge is 0.323 e. The van der Waals surface area contributed by atoms with Gasteiger partial charge in [0.1, 0.15) is 0 Å². The van der Waals surface area contributed by atoms with E-state index in [9.17, 15) is 9.59 Å². The van der Waals surface area contributed by atoms with Crippen LogP contribution < -0.4 is 0 Å². The minimum atomic E-state index is -1.20. The number of cyclic esters (lactones) is 2. The van der Waals surface area contributed by atoms with Gasteiger partial charge in [-0.2, -0.15) is 0 Å². The van der Waals surface area contributed by atoms with E-state index in [-0.39, 0.29) is 6.42 Å². The molecule has 1 aliphatic heterocycles. The molecule has 5 nitrogen and oxygen atoms in total. The van der Waals surface area contributed by atoms with E-state index >= 15 is 0 Å². The van der Waals surface area contributed by atoms with E-state index in [0.29, 0.717) is 6.54 Å². The fourth-order valence-electron chi connectivity index (χ4n) is 3.53. The number of fused-ring (bicyclic) bond motifs is 1. The van der Waals surface area contributed by atoms with Crippen molar-refractivity contribution in [2.24, 2.45) is 5.92 Å². The second kappa shape index (κ2) is 6.58. The molecular weight excluding hydrogens is 342 g/mol. The number of carbonyl (C=O) groups is 2. The molecule has 2 heterocycles. The van der Waals surface area contributed by atoms with Crippen LogP contribution in [0.1, 0.15) is 25.0 Å². The molecule has 0 amide bonds. The van der Waals surface area contributed by atoms with Crippen molar-refractivity contribution in [1.82, 2.24) is 4.57 Å². The quantitative estimate of drug-likeness (QED) is 0.524. The van der Waals surface area contributed by atoms with E-state index in [4.69, 9.17) is 9.47 Å². The average molecular weight is 363 g/mol. The van der Waals surface area contributed by atoms with Gasteiger partial charge in [-0.1, -0.05) is 48.5 Å². The van der Waals surface area contributed by atoms with Crippen LogP contribution in [0.15, 0.2) is 60.8 Å². The summed E-state index contributed by atoms with van der Waals surface area (Å²) in [6.07, 6.45) is 2.27. The SMILES string of the molecule is CC1(C)OC(=O)C(Cc2cn(Cc3ccccc3)c3ccccc23)C(=O)O1. The molecule has 2 aromatic carbocycles. The summed E-state index contributed by atoms with van der Waals surface area (Å²) in [5.41, 5.74) is 3.18. The lowest BCUT2D eigenvalue weighted by Crippen LogP contribution is -2.46. The summed E-state index contributed by atoms with van der Waals surface area (Å²) in [7, 11) is 0. The standard InChI is InChI=1S/C22H21NO4/c1-22(2)26-20(24)18(21(25)27-22)12-16-14-23(13-15-8-4-3-5-9-15)19-11-7-6-10-17(16)19/h3-11,14,18H,12-13H2,1-2H3. The first-order chi connectivity index (χ1) is 12.9. The molecule has 0 aliphatic carbocycles. The minimum Gasteiger partial charge on any atom is -0.422 e. The predicted molar refractivity (Wildman–Crippen MR) is 101 cm³/mol. The molecule has 138 valence electrons. The van der Waals surface area contributed by atoms with Crippen LogP contribution in [0.3, 0.4) is 0 Å². The van der Waals surface area contributed by atoms with Gasteiger partial charge in [-0.05, 0) is 23.6 Å². The Morgan fingerprint density at radius 1 is 0.926 bits per heavy atom. The van der Waals surface area contributed by atoms with Crippen LogP contribution >= 0.6 is 0 Å². The van der Waals surface area contributed by atoms with Crippen molar-refractivity contribution in [3.05, 3.63) is 71.9 Å². The summed E-state index contributed by atoms with van der Waals surface area (Å²) in [5, 5.41) is 1.03. The van der Waals surface area contributed by atoms with Gasteiger partial charge < -0.3 is 14.0 Å². The molecule has 1 aromatic heterocycles. The van der Waals surface area contributed by atoms with Crippen LogP contribution in [0, 0.1) is 5.92 Å². The zero-order valence-electron chi connectivity index (χ0n) is 15.3. The van der Waals surface area contributed by atoms with Crippen LogP contribution in [0.25, 0.3) is 10.9 Å². The third kappa shape index (κ3) is 3.45. The maximum atomic E-state index is 12.3. The summed E-state index contributed by atoms with van der Waals surface area (Å²) in [6.45, 7) is 3.84. The summed E-state index contributed by atoms with van der Waals surface area (Å²) in [6, 6.07) is 18.2. The van der Waals surface area contributed by atoms with Crippen LogP contribution in [-0.4, -0.2) is 22.3 Å². The zero-order chi connectivity index (χ0) is 19.0. The number of aromatic nitrogens is 1. The van der Waals surface area contributed by atoms with Crippen LogP contribution in [0.5, 0.6) is 0 Å². The molecule has 4 rings (SSSR count). The van der Waals surface area contributed by atoms with Gasteiger partial charge in [0.05, 0.1) is 0 Å². The fourth-order valence-corrected chi connectivity index (χ4v) is 3.53. The number of benzene rings is 2. The van der Waals surface area contributed by atoms with Gasteiger partial charge in [0.15, 0.2) is 5.92 Å². The second-order valence-corrected chi connectivity index (χ2v) is 7.28. The van der Waals surface area contributed by atoms with Gasteiger partial charge in [-0.3, -0.25) is 9.59 Å². The van der Waals surface area contributed by atoms with Gasteiger partial charge in [-0.25, -0.2) is 0 Å². The highest BCUT2D eigenvalue weighted by atomic mass is 16.7. The van der Waals surface area contributed by atoms with Crippen LogP contribution in [-0.2, 0) is 32.0 Å². The monoisotopic (exact) mass is 363 g/mol. The van der Waals surface area contributed by atoms with Gasteiger partial charge in [0, 0.05) is 37.5 Å². The first-order valence-electron chi connectivity index (χ1n) is 8.99. The van der Waals surface area contributed by atoms with E-state index in [1.165, 1.54) is 5.56 Å². The van der Waals surface area contributed by atoms with Crippen molar-refractivity contribution in [2.75, 3.05) is 0 Å². The van der Waals surface area contributed by atoms with E-state index in [1.807, 2.05) is 48.7 Å². The predicted octanol–water partition coefficient (Wildman–Crippen LogP) is 3.68. The molecule has 0 bridgehead atoms. The van der Waals surface area contributed by atoms with Crippen molar-refractivity contribution >= 4 is 22.8 Å². The molecular formula is C22H21NO4. The highest BCUT2D eigenvalue weighted by Crippen LogP contribution is 2.29. The fraction of sp³-hybridized carbons (Fsp3) is 0.273. The van der Waals surface area contributed by atoms with E-state index in [2.05, 4.69) is 16.7 Å². The number of rotatable bonds is 4. The van der Waals surface area contributed by atoms with E-state index in [0.717, 1.165) is 16.5 Å². The first-order valence-corrected chi connectivity index (χ1v) is 8.99. The normalized spacial score (nSPS) is 17.0. The highest BCUT2D eigenvalue weighted by Gasteiger charge is 2.43. The zero-order valence-corrected chi connectivity index (χ0v) is 15.3. The molecule has 0 saturated carbocycles. The third-order valence-electron chi connectivity index (χ3n) is 4.75. The molecule has 1 fully saturated rings. The number of carbonyl (C=O) groups excluding carboxylic acids is 2. The third-order valence-corrected chi connectivity index (χ3v) is 4.75. The molecule has 5 heteroatoms. The Hall–Kier alpha value is -3.08. The van der Waals surface area contributed by atoms with Crippen molar-refractivity contribution < 1.29 is 19.1 Å². The van der Waals surface area contributed by atoms with Crippen molar-refractivity contribution in [2.45, 2.75) is 32.6 Å². The molecule has 0 atom stereocenters. The Morgan fingerprint density at radius 2 is 1.56 bits per heavy atom.